The molecule has 0 saturated carbocycles. The van der Waals surface area contributed by atoms with Crippen molar-refractivity contribution in [3.05, 3.63) is 59.0 Å². The van der Waals surface area contributed by atoms with Crippen LogP contribution in [0.15, 0.2) is 59.0 Å². The molecule has 1 aliphatic carbocycles. The van der Waals surface area contributed by atoms with Gasteiger partial charge < -0.3 is 4.90 Å². The molecule has 88 valence electrons. The molecule has 1 heteroatoms. The Morgan fingerprint density at radius 1 is 1.35 bits per heavy atom. The molecule has 0 amide bonds. The van der Waals surface area contributed by atoms with Gasteiger partial charge in [0.05, 0.1) is 0 Å². The molecule has 2 heterocycles. The van der Waals surface area contributed by atoms with Crippen LogP contribution in [0.1, 0.15) is 26.7 Å². The van der Waals surface area contributed by atoms with Crippen molar-refractivity contribution in [2.24, 2.45) is 5.92 Å². The zero-order valence-electron chi connectivity index (χ0n) is 10.6. The molecule has 0 aromatic carbocycles. The van der Waals surface area contributed by atoms with Crippen molar-refractivity contribution >= 4 is 0 Å². The van der Waals surface area contributed by atoms with Gasteiger partial charge in [-0.05, 0) is 31.3 Å². The Morgan fingerprint density at radius 3 is 3.12 bits per heavy atom. The molecule has 0 aromatic rings. The van der Waals surface area contributed by atoms with Gasteiger partial charge in [0.1, 0.15) is 0 Å². The van der Waals surface area contributed by atoms with Crippen LogP contribution < -0.4 is 0 Å². The first-order chi connectivity index (χ1) is 8.24. The van der Waals surface area contributed by atoms with Gasteiger partial charge in [-0.25, -0.2) is 0 Å². The first kappa shape index (κ1) is 10.6. The fourth-order valence-electron chi connectivity index (χ4n) is 2.73. The van der Waals surface area contributed by atoms with Crippen LogP contribution in [0.3, 0.4) is 0 Å². The second-order valence-electron chi connectivity index (χ2n) is 5.23. The third-order valence-electron chi connectivity index (χ3n) is 3.69. The average molecular weight is 225 g/mol. The molecule has 1 nitrogen and oxygen atoms in total. The third kappa shape index (κ3) is 1.90. The van der Waals surface area contributed by atoms with Gasteiger partial charge in [0.2, 0.25) is 0 Å². The minimum atomic E-state index is 0.550. The summed E-state index contributed by atoms with van der Waals surface area (Å²) >= 11 is 0. The molecule has 0 radical (unpaired) electrons. The minimum Gasteiger partial charge on any atom is -0.348 e. The van der Waals surface area contributed by atoms with E-state index in [0.29, 0.717) is 5.92 Å². The van der Waals surface area contributed by atoms with Gasteiger partial charge in [-0.2, -0.15) is 0 Å². The van der Waals surface area contributed by atoms with E-state index >= 15 is 0 Å². The van der Waals surface area contributed by atoms with Gasteiger partial charge >= 0.3 is 0 Å². The van der Waals surface area contributed by atoms with Crippen LogP contribution in [0.25, 0.3) is 0 Å². The lowest BCUT2D eigenvalue weighted by molar-refractivity contribution is 0.445. The monoisotopic (exact) mass is 225 g/mol. The third-order valence-corrected chi connectivity index (χ3v) is 3.69. The van der Waals surface area contributed by atoms with Crippen molar-refractivity contribution in [2.75, 3.05) is 6.54 Å². The molecule has 3 rings (SSSR count). The zero-order valence-corrected chi connectivity index (χ0v) is 10.6. The minimum absolute atomic E-state index is 0.550. The molecule has 0 bridgehead atoms. The van der Waals surface area contributed by atoms with Gasteiger partial charge in [-0.3, -0.25) is 0 Å². The van der Waals surface area contributed by atoms with Crippen molar-refractivity contribution in [3.8, 4) is 0 Å². The summed E-state index contributed by atoms with van der Waals surface area (Å²) in [6.45, 7) is 5.59. The Hall–Kier alpha value is -1.50. The highest BCUT2D eigenvalue weighted by atomic mass is 15.1. The number of nitrogens with zero attached hydrogens (tertiary/aromatic N) is 1. The van der Waals surface area contributed by atoms with Gasteiger partial charge in [0.15, 0.2) is 0 Å². The molecule has 0 fully saturated rings. The molecule has 0 saturated heterocycles. The van der Waals surface area contributed by atoms with Gasteiger partial charge in [0.25, 0.3) is 0 Å². The molecule has 2 aliphatic heterocycles. The largest absolute Gasteiger partial charge is 0.348 e. The van der Waals surface area contributed by atoms with Crippen LogP contribution in [-0.2, 0) is 0 Å². The van der Waals surface area contributed by atoms with Crippen LogP contribution in [0, 0.1) is 5.92 Å². The summed E-state index contributed by atoms with van der Waals surface area (Å²) in [4.78, 5) is 2.39. The normalized spacial score (nSPS) is 27.2. The Balaban J connectivity index is 2.10. The molecule has 1 atom stereocenters. The van der Waals surface area contributed by atoms with Crippen molar-refractivity contribution in [3.63, 3.8) is 0 Å². The summed E-state index contributed by atoms with van der Waals surface area (Å²) in [7, 11) is 0. The summed E-state index contributed by atoms with van der Waals surface area (Å²) in [5, 5.41) is 0. The van der Waals surface area contributed by atoms with Crippen molar-refractivity contribution < 1.29 is 0 Å². The van der Waals surface area contributed by atoms with E-state index in [0.717, 1.165) is 19.4 Å². The molecule has 0 spiro atoms. The number of allylic oxidation sites excluding steroid dienone is 6. The molecule has 1 unspecified atom stereocenters. The summed E-state index contributed by atoms with van der Waals surface area (Å²) in [5.74, 6) is 0.550. The highest BCUT2D eigenvalue weighted by Crippen LogP contribution is 2.35. The van der Waals surface area contributed by atoms with E-state index in [2.05, 4.69) is 55.3 Å². The van der Waals surface area contributed by atoms with Crippen LogP contribution in [0.4, 0.5) is 0 Å². The summed E-state index contributed by atoms with van der Waals surface area (Å²) in [6.07, 6.45) is 16.2. The number of fused-ring (bicyclic) bond motifs is 2. The molecule has 0 N–H and O–H groups in total. The first-order valence-corrected chi connectivity index (χ1v) is 6.48. The maximum atomic E-state index is 2.39. The molecule has 3 aliphatic rings. The highest BCUT2D eigenvalue weighted by molar-refractivity contribution is 5.52. The SMILES string of the molecule is CC1=CC2=C(C=CC1)CCN1C=CC(C)C=C21. The Kier molecular flexibility index (Phi) is 2.54. The number of hydrogen-bond donors (Lipinski definition) is 0. The molecule has 17 heavy (non-hydrogen) atoms. The van der Waals surface area contributed by atoms with Crippen LogP contribution in [-0.4, -0.2) is 11.4 Å². The van der Waals surface area contributed by atoms with E-state index in [9.17, 15) is 0 Å². The number of rotatable bonds is 0. The first-order valence-electron chi connectivity index (χ1n) is 6.48. The van der Waals surface area contributed by atoms with Crippen LogP contribution in [0.5, 0.6) is 0 Å². The maximum Gasteiger partial charge on any atom is 0.0447 e. The van der Waals surface area contributed by atoms with E-state index in [1.807, 2.05) is 0 Å². The predicted octanol–water partition coefficient (Wildman–Crippen LogP) is 3.94. The van der Waals surface area contributed by atoms with Crippen LogP contribution in [0.2, 0.25) is 0 Å². The molecular formula is C16H19N. The quantitative estimate of drug-likeness (QED) is 0.603. The van der Waals surface area contributed by atoms with Crippen molar-refractivity contribution in [2.45, 2.75) is 26.7 Å². The smallest absolute Gasteiger partial charge is 0.0447 e. The average Bonchev–Trinajstić information content (AvgIpc) is 2.50. The lowest BCUT2D eigenvalue weighted by Crippen LogP contribution is -2.27. The van der Waals surface area contributed by atoms with E-state index in [-0.39, 0.29) is 0 Å². The fraction of sp³-hybridized carbons (Fsp3) is 0.375. The van der Waals surface area contributed by atoms with Gasteiger partial charge in [-0.15, -0.1) is 0 Å². The molecular weight excluding hydrogens is 206 g/mol. The second-order valence-corrected chi connectivity index (χ2v) is 5.23. The Morgan fingerprint density at radius 2 is 2.24 bits per heavy atom. The maximum absolute atomic E-state index is 2.39. The van der Waals surface area contributed by atoms with Gasteiger partial charge in [-0.1, -0.05) is 42.9 Å². The lowest BCUT2D eigenvalue weighted by Gasteiger charge is -2.34. The van der Waals surface area contributed by atoms with Crippen molar-refractivity contribution in [1.29, 1.82) is 0 Å². The zero-order chi connectivity index (χ0) is 11.8. The van der Waals surface area contributed by atoms with E-state index < -0.39 is 0 Å². The van der Waals surface area contributed by atoms with Crippen molar-refractivity contribution in [1.82, 2.24) is 4.90 Å². The topological polar surface area (TPSA) is 3.24 Å². The molecule has 0 aromatic heterocycles. The van der Waals surface area contributed by atoms with E-state index in [4.69, 9.17) is 0 Å². The van der Waals surface area contributed by atoms with E-state index in [1.165, 1.54) is 22.4 Å². The Bertz CT molecular complexity index is 486. The standard InChI is InChI=1S/C16H19N/c1-12-4-3-5-14-7-9-17-8-6-13(2)11-16(17)15(14)10-12/h3,5-6,8,10-11,13H,4,7,9H2,1-2H3. The fourth-order valence-corrected chi connectivity index (χ4v) is 2.73. The van der Waals surface area contributed by atoms with E-state index in [1.54, 1.807) is 0 Å². The lowest BCUT2D eigenvalue weighted by atomic mass is 9.92. The van der Waals surface area contributed by atoms with Gasteiger partial charge in [0, 0.05) is 24.0 Å². The predicted molar refractivity (Wildman–Crippen MR) is 72.3 cm³/mol. The highest BCUT2D eigenvalue weighted by Gasteiger charge is 2.23. The Labute approximate surface area is 104 Å². The summed E-state index contributed by atoms with van der Waals surface area (Å²) < 4.78 is 0. The number of hydrogen-bond acceptors (Lipinski definition) is 1. The summed E-state index contributed by atoms with van der Waals surface area (Å²) in [6, 6.07) is 0. The second kappa shape index (κ2) is 4.06. The van der Waals surface area contributed by atoms with Crippen LogP contribution >= 0.6 is 0 Å². The summed E-state index contributed by atoms with van der Waals surface area (Å²) in [5.41, 5.74) is 5.81.